The summed E-state index contributed by atoms with van der Waals surface area (Å²) in [5.41, 5.74) is 4.86. The molecule has 4 nitrogen and oxygen atoms in total. The average molecular weight is 215 g/mol. The molecule has 0 aromatic heterocycles. The van der Waals surface area contributed by atoms with Crippen LogP contribution in [0.1, 0.15) is 46.0 Å². The van der Waals surface area contributed by atoms with E-state index in [9.17, 15) is 9.59 Å². The molecule has 0 aromatic carbocycles. The van der Waals surface area contributed by atoms with Gasteiger partial charge < -0.3 is 10.5 Å². The number of ether oxygens (including phenoxy) is 1. The third kappa shape index (κ3) is 7.97. The van der Waals surface area contributed by atoms with E-state index in [-0.39, 0.29) is 18.5 Å². The van der Waals surface area contributed by atoms with Crippen molar-refractivity contribution in [3.8, 4) is 0 Å². The first kappa shape index (κ1) is 13.9. The molecule has 0 saturated carbocycles. The van der Waals surface area contributed by atoms with Gasteiger partial charge in [-0.15, -0.1) is 0 Å². The Kier molecular flexibility index (Phi) is 7.68. The smallest absolute Gasteiger partial charge is 0.309 e. The van der Waals surface area contributed by atoms with Crippen LogP contribution < -0.4 is 5.73 Å². The maximum Gasteiger partial charge on any atom is 0.309 e. The summed E-state index contributed by atoms with van der Waals surface area (Å²) in [7, 11) is 0. The second-order valence-electron chi connectivity index (χ2n) is 3.82. The van der Waals surface area contributed by atoms with Crippen LogP contribution in [0, 0.1) is 5.92 Å². The number of hydrogen-bond donors (Lipinski definition) is 1. The van der Waals surface area contributed by atoms with E-state index in [1.165, 1.54) is 12.8 Å². The standard InChI is InChI=1S/C11H21NO3/c1-3-4-5-6-7-9(2)11(14)15-8-10(12)13/h9H,3-8H2,1-2H3,(H2,12,13). The molecule has 0 aliphatic carbocycles. The second-order valence-corrected chi connectivity index (χ2v) is 3.82. The summed E-state index contributed by atoms with van der Waals surface area (Å²) in [6.45, 7) is 3.65. The van der Waals surface area contributed by atoms with Gasteiger partial charge in [-0.3, -0.25) is 9.59 Å². The van der Waals surface area contributed by atoms with Crippen LogP contribution in [0.15, 0.2) is 0 Å². The predicted octanol–water partition coefficient (Wildman–Crippen LogP) is 1.62. The molecule has 4 heteroatoms. The minimum absolute atomic E-state index is 0.138. The van der Waals surface area contributed by atoms with Crippen molar-refractivity contribution in [3.63, 3.8) is 0 Å². The summed E-state index contributed by atoms with van der Waals surface area (Å²) in [5, 5.41) is 0. The van der Waals surface area contributed by atoms with E-state index in [4.69, 9.17) is 10.5 Å². The lowest BCUT2D eigenvalue weighted by Gasteiger charge is -2.09. The van der Waals surface area contributed by atoms with E-state index in [2.05, 4.69) is 6.92 Å². The highest BCUT2D eigenvalue weighted by atomic mass is 16.5. The van der Waals surface area contributed by atoms with E-state index in [1.54, 1.807) is 0 Å². The van der Waals surface area contributed by atoms with Gasteiger partial charge in [0.1, 0.15) is 0 Å². The predicted molar refractivity (Wildman–Crippen MR) is 58.1 cm³/mol. The molecule has 0 heterocycles. The molecule has 2 N–H and O–H groups in total. The van der Waals surface area contributed by atoms with Crippen molar-refractivity contribution in [2.75, 3.05) is 6.61 Å². The third-order valence-corrected chi connectivity index (χ3v) is 2.25. The zero-order valence-electron chi connectivity index (χ0n) is 9.62. The molecule has 0 aromatic rings. The first-order chi connectivity index (χ1) is 7.07. The summed E-state index contributed by atoms with van der Waals surface area (Å²) in [6, 6.07) is 0. The van der Waals surface area contributed by atoms with E-state index < -0.39 is 5.91 Å². The van der Waals surface area contributed by atoms with Crippen LogP contribution in [0.5, 0.6) is 0 Å². The van der Waals surface area contributed by atoms with E-state index in [0.717, 1.165) is 19.3 Å². The van der Waals surface area contributed by atoms with Crippen LogP contribution in [-0.4, -0.2) is 18.5 Å². The molecule has 88 valence electrons. The number of carbonyl (C=O) groups is 2. The van der Waals surface area contributed by atoms with E-state index in [1.807, 2.05) is 6.92 Å². The Labute approximate surface area is 91.2 Å². The molecule has 0 rings (SSSR count). The molecular formula is C11H21NO3. The molecule has 0 fully saturated rings. The van der Waals surface area contributed by atoms with Gasteiger partial charge in [0.05, 0.1) is 5.92 Å². The lowest BCUT2D eigenvalue weighted by molar-refractivity contribution is -0.151. The van der Waals surface area contributed by atoms with Gasteiger partial charge in [0.25, 0.3) is 5.91 Å². The molecule has 0 aliphatic heterocycles. The van der Waals surface area contributed by atoms with Crippen molar-refractivity contribution in [3.05, 3.63) is 0 Å². The molecular weight excluding hydrogens is 194 g/mol. The number of primary amides is 1. The minimum atomic E-state index is -0.610. The number of carbonyl (C=O) groups excluding carboxylic acids is 2. The Morgan fingerprint density at radius 2 is 1.93 bits per heavy atom. The van der Waals surface area contributed by atoms with Crippen molar-refractivity contribution in [2.45, 2.75) is 46.0 Å². The van der Waals surface area contributed by atoms with E-state index in [0.29, 0.717) is 0 Å². The van der Waals surface area contributed by atoms with Crippen LogP contribution >= 0.6 is 0 Å². The fraction of sp³-hybridized carbons (Fsp3) is 0.818. The van der Waals surface area contributed by atoms with Crippen LogP contribution in [0.4, 0.5) is 0 Å². The monoisotopic (exact) mass is 215 g/mol. The quantitative estimate of drug-likeness (QED) is 0.494. The summed E-state index contributed by atoms with van der Waals surface area (Å²) in [6.07, 6.45) is 5.37. The fourth-order valence-electron chi connectivity index (χ4n) is 1.28. The van der Waals surface area contributed by atoms with Crippen molar-refractivity contribution in [1.82, 2.24) is 0 Å². The van der Waals surface area contributed by atoms with Gasteiger partial charge in [-0.1, -0.05) is 39.5 Å². The Morgan fingerprint density at radius 1 is 1.27 bits per heavy atom. The van der Waals surface area contributed by atoms with Crippen molar-refractivity contribution < 1.29 is 14.3 Å². The zero-order chi connectivity index (χ0) is 11.7. The second kappa shape index (κ2) is 8.26. The highest BCUT2D eigenvalue weighted by Crippen LogP contribution is 2.11. The van der Waals surface area contributed by atoms with Crippen molar-refractivity contribution in [1.29, 1.82) is 0 Å². The van der Waals surface area contributed by atoms with Gasteiger partial charge >= 0.3 is 5.97 Å². The largest absolute Gasteiger partial charge is 0.455 e. The first-order valence-electron chi connectivity index (χ1n) is 5.52. The highest BCUT2D eigenvalue weighted by Gasteiger charge is 2.14. The average Bonchev–Trinajstić information content (AvgIpc) is 2.20. The van der Waals surface area contributed by atoms with Crippen LogP contribution in [0.25, 0.3) is 0 Å². The van der Waals surface area contributed by atoms with Gasteiger partial charge in [0.15, 0.2) is 6.61 Å². The number of rotatable bonds is 8. The highest BCUT2D eigenvalue weighted by molar-refractivity contribution is 5.79. The maximum atomic E-state index is 11.3. The molecule has 1 atom stereocenters. The molecule has 0 radical (unpaired) electrons. The third-order valence-electron chi connectivity index (χ3n) is 2.25. The minimum Gasteiger partial charge on any atom is -0.455 e. The molecule has 0 aliphatic rings. The molecule has 0 saturated heterocycles. The number of amides is 1. The molecule has 1 unspecified atom stereocenters. The topological polar surface area (TPSA) is 69.4 Å². The number of hydrogen-bond acceptors (Lipinski definition) is 3. The van der Waals surface area contributed by atoms with Gasteiger partial charge in [0.2, 0.25) is 0 Å². The molecule has 15 heavy (non-hydrogen) atoms. The summed E-state index contributed by atoms with van der Waals surface area (Å²) in [4.78, 5) is 21.7. The van der Waals surface area contributed by atoms with Crippen LogP contribution in [-0.2, 0) is 14.3 Å². The molecule has 0 spiro atoms. The maximum absolute atomic E-state index is 11.3. The Hall–Kier alpha value is -1.06. The zero-order valence-corrected chi connectivity index (χ0v) is 9.62. The first-order valence-corrected chi connectivity index (χ1v) is 5.52. The van der Waals surface area contributed by atoms with Gasteiger partial charge in [0, 0.05) is 0 Å². The van der Waals surface area contributed by atoms with Crippen molar-refractivity contribution in [2.24, 2.45) is 11.7 Å². The lowest BCUT2D eigenvalue weighted by Crippen LogP contribution is -2.23. The van der Waals surface area contributed by atoms with Gasteiger partial charge in [-0.05, 0) is 6.42 Å². The van der Waals surface area contributed by atoms with Crippen LogP contribution in [0.3, 0.4) is 0 Å². The summed E-state index contributed by atoms with van der Waals surface area (Å²) in [5.74, 6) is -1.08. The Morgan fingerprint density at radius 3 is 2.47 bits per heavy atom. The molecule has 1 amide bonds. The molecule has 0 bridgehead atoms. The SMILES string of the molecule is CCCCCCC(C)C(=O)OCC(N)=O. The van der Waals surface area contributed by atoms with Crippen molar-refractivity contribution >= 4 is 11.9 Å². The number of unbranched alkanes of at least 4 members (excludes halogenated alkanes) is 3. The Bertz CT molecular complexity index is 204. The van der Waals surface area contributed by atoms with Gasteiger partial charge in [-0.2, -0.15) is 0 Å². The number of nitrogens with two attached hydrogens (primary N) is 1. The lowest BCUT2D eigenvalue weighted by atomic mass is 10.0. The van der Waals surface area contributed by atoms with Gasteiger partial charge in [-0.25, -0.2) is 0 Å². The summed E-state index contributed by atoms with van der Waals surface area (Å²) >= 11 is 0. The Balaban J connectivity index is 3.55. The summed E-state index contributed by atoms with van der Waals surface area (Å²) < 4.78 is 4.71. The number of esters is 1. The van der Waals surface area contributed by atoms with Crippen LogP contribution in [0.2, 0.25) is 0 Å². The fourth-order valence-corrected chi connectivity index (χ4v) is 1.28. The normalized spacial score (nSPS) is 12.1. The van der Waals surface area contributed by atoms with E-state index >= 15 is 0 Å².